The Morgan fingerprint density at radius 1 is 0.816 bits per heavy atom. The Labute approximate surface area is 224 Å². The lowest BCUT2D eigenvalue weighted by molar-refractivity contribution is -0.119. The largest absolute Gasteiger partial charge is 0.452 e. The van der Waals surface area contributed by atoms with Gasteiger partial charge in [0.2, 0.25) is 0 Å². The highest BCUT2D eigenvalue weighted by Crippen LogP contribution is 2.30. The van der Waals surface area contributed by atoms with E-state index in [4.69, 9.17) is 9.72 Å². The van der Waals surface area contributed by atoms with Crippen LogP contribution in [0.15, 0.2) is 84.2 Å². The summed E-state index contributed by atoms with van der Waals surface area (Å²) in [6.45, 7) is -0.384. The molecule has 188 valence electrons. The number of fused-ring (bicyclic) bond motifs is 2. The summed E-state index contributed by atoms with van der Waals surface area (Å²) in [5.41, 5.74) is 7.23. The van der Waals surface area contributed by atoms with E-state index in [1.165, 1.54) is 11.3 Å². The van der Waals surface area contributed by atoms with Gasteiger partial charge in [0.25, 0.3) is 5.91 Å². The van der Waals surface area contributed by atoms with E-state index in [2.05, 4.69) is 34.6 Å². The molecule has 2 aromatic heterocycles. The quantitative estimate of drug-likeness (QED) is 0.253. The molecule has 0 saturated heterocycles. The van der Waals surface area contributed by atoms with E-state index in [1.807, 2.05) is 60.0 Å². The fourth-order valence-corrected chi connectivity index (χ4v) is 5.63. The normalized spacial score (nSPS) is 12.6. The third kappa shape index (κ3) is 4.93. The number of nitrogens with one attached hydrogen (secondary N) is 1. The van der Waals surface area contributed by atoms with Crippen LogP contribution in [0.3, 0.4) is 0 Å². The summed E-state index contributed by atoms with van der Waals surface area (Å²) in [4.78, 5) is 35.1. The molecule has 3 aromatic carbocycles. The molecule has 6 rings (SSSR count). The van der Waals surface area contributed by atoms with Gasteiger partial charge in [-0.15, -0.1) is 11.3 Å². The van der Waals surface area contributed by atoms with Gasteiger partial charge in [-0.05, 0) is 48.4 Å². The summed E-state index contributed by atoms with van der Waals surface area (Å²) in [5, 5.41) is 5.88. The molecule has 0 saturated carbocycles. The van der Waals surface area contributed by atoms with Crippen molar-refractivity contribution in [3.63, 3.8) is 0 Å². The third-order valence-corrected chi connectivity index (χ3v) is 7.50. The maximum absolute atomic E-state index is 13.2. The topological polar surface area (TPSA) is 81.2 Å². The number of benzene rings is 3. The smallest absolute Gasteiger partial charge is 0.339 e. The van der Waals surface area contributed by atoms with Crippen molar-refractivity contribution in [2.75, 3.05) is 11.9 Å². The van der Waals surface area contributed by atoms with Gasteiger partial charge in [-0.1, -0.05) is 72.8 Å². The van der Waals surface area contributed by atoms with Crippen LogP contribution in [-0.4, -0.2) is 28.5 Å². The molecular formula is C31H25N3O3S. The van der Waals surface area contributed by atoms with Crippen molar-refractivity contribution in [2.24, 2.45) is 0 Å². The van der Waals surface area contributed by atoms with E-state index < -0.39 is 11.9 Å². The van der Waals surface area contributed by atoms with Gasteiger partial charge in [0.05, 0.1) is 16.8 Å². The number of nitrogens with zero attached hydrogens (tertiary/aromatic N) is 2. The number of aromatic nitrogens is 2. The molecule has 0 radical (unpaired) electrons. The second kappa shape index (κ2) is 10.6. The minimum Gasteiger partial charge on any atom is -0.452 e. The van der Waals surface area contributed by atoms with Crippen LogP contribution in [0.25, 0.3) is 33.3 Å². The average Bonchev–Trinajstić information content (AvgIpc) is 3.43. The number of rotatable bonds is 6. The fraction of sp³-hybridized carbons (Fsp3) is 0.161. The number of carbonyl (C=O) groups is 2. The number of hydrogen-bond acceptors (Lipinski definition) is 6. The number of amides is 1. The first-order valence-corrected chi connectivity index (χ1v) is 13.5. The van der Waals surface area contributed by atoms with Crippen LogP contribution in [0.2, 0.25) is 0 Å². The van der Waals surface area contributed by atoms with Gasteiger partial charge in [0.15, 0.2) is 11.7 Å². The van der Waals surface area contributed by atoms with Gasteiger partial charge < -0.3 is 4.74 Å². The Kier molecular flexibility index (Phi) is 6.67. The average molecular weight is 520 g/mol. The first-order valence-electron chi connectivity index (χ1n) is 12.6. The Bertz CT molecular complexity index is 1630. The predicted molar refractivity (Wildman–Crippen MR) is 150 cm³/mol. The molecule has 1 amide bonds. The van der Waals surface area contributed by atoms with Gasteiger partial charge >= 0.3 is 5.97 Å². The molecule has 0 fully saturated rings. The van der Waals surface area contributed by atoms with Gasteiger partial charge in [-0.2, -0.15) is 0 Å². The SMILES string of the molecule is O=C(COC(=O)c1c2c(nc3ccccc13)CCCC2)Nc1nc(-c2ccc(-c3ccccc3)cc2)cs1. The summed E-state index contributed by atoms with van der Waals surface area (Å²) >= 11 is 1.33. The molecule has 38 heavy (non-hydrogen) atoms. The standard InChI is InChI=1S/C31H25N3O3S/c35-28(18-37-30(36)29-23-10-4-6-12-25(23)32-26-13-7-5-11-24(26)29)34-31-33-27(19-38-31)22-16-14-21(15-17-22)20-8-2-1-3-9-20/h1-4,6,8-10,12,14-17,19H,5,7,11,13,18H2,(H,33,34,35). The van der Waals surface area contributed by atoms with Crippen molar-refractivity contribution in [2.45, 2.75) is 25.7 Å². The molecule has 0 unspecified atom stereocenters. The monoisotopic (exact) mass is 519 g/mol. The van der Waals surface area contributed by atoms with E-state index in [0.717, 1.165) is 70.2 Å². The van der Waals surface area contributed by atoms with Crippen molar-refractivity contribution in [1.29, 1.82) is 0 Å². The van der Waals surface area contributed by atoms with Crippen LogP contribution in [0.1, 0.15) is 34.5 Å². The number of thiazole rings is 1. The number of aryl methyl sites for hydroxylation is 1. The highest BCUT2D eigenvalue weighted by molar-refractivity contribution is 7.14. The van der Waals surface area contributed by atoms with Crippen LogP contribution in [0, 0.1) is 0 Å². The zero-order valence-electron chi connectivity index (χ0n) is 20.6. The highest BCUT2D eigenvalue weighted by atomic mass is 32.1. The zero-order valence-corrected chi connectivity index (χ0v) is 21.5. The zero-order chi connectivity index (χ0) is 25.9. The molecule has 0 atom stereocenters. The number of esters is 1. The molecular weight excluding hydrogens is 494 g/mol. The number of para-hydroxylation sites is 1. The fourth-order valence-electron chi connectivity index (χ4n) is 4.89. The molecule has 6 nitrogen and oxygen atoms in total. The van der Waals surface area contributed by atoms with Crippen molar-refractivity contribution in [3.8, 4) is 22.4 Å². The lowest BCUT2D eigenvalue weighted by atomic mass is 9.90. The molecule has 1 aliphatic carbocycles. The van der Waals surface area contributed by atoms with Crippen LogP contribution >= 0.6 is 11.3 Å². The Hall–Kier alpha value is -4.36. The molecule has 0 spiro atoms. The number of pyridine rings is 1. The van der Waals surface area contributed by atoms with E-state index in [1.54, 1.807) is 0 Å². The second-order valence-corrected chi connectivity index (χ2v) is 10.1. The van der Waals surface area contributed by atoms with Crippen molar-refractivity contribution in [3.05, 3.63) is 101 Å². The number of hydrogen-bond donors (Lipinski definition) is 1. The number of ether oxygens (including phenoxy) is 1. The van der Waals surface area contributed by atoms with E-state index in [9.17, 15) is 9.59 Å². The molecule has 0 aliphatic heterocycles. The second-order valence-electron chi connectivity index (χ2n) is 9.24. The summed E-state index contributed by atoms with van der Waals surface area (Å²) in [7, 11) is 0. The highest BCUT2D eigenvalue weighted by Gasteiger charge is 2.24. The maximum Gasteiger partial charge on any atom is 0.339 e. The van der Waals surface area contributed by atoms with Crippen LogP contribution in [0.4, 0.5) is 5.13 Å². The number of anilines is 1. The molecule has 1 N–H and O–H groups in total. The molecule has 0 bridgehead atoms. The van der Waals surface area contributed by atoms with E-state index in [0.29, 0.717) is 10.7 Å². The third-order valence-electron chi connectivity index (χ3n) is 6.75. The first-order chi connectivity index (χ1) is 18.7. The molecule has 2 heterocycles. The van der Waals surface area contributed by atoms with Crippen molar-refractivity contribution >= 4 is 39.2 Å². The maximum atomic E-state index is 13.2. The Morgan fingerprint density at radius 2 is 1.53 bits per heavy atom. The lowest BCUT2D eigenvalue weighted by Gasteiger charge is -2.19. The van der Waals surface area contributed by atoms with Crippen molar-refractivity contribution < 1.29 is 14.3 Å². The molecule has 7 heteroatoms. The minimum absolute atomic E-state index is 0.384. The summed E-state index contributed by atoms with van der Waals surface area (Å²) in [6, 6.07) is 25.9. The first kappa shape index (κ1) is 24.0. The minimum atomic E-state index is -0.491. The molecule has 5 aromatic rings. The van der Waals surface area contributed by atoms with Crippen LogP contribution in [-0.2, 0) is 22.4 Å². The summed E-state index contributed by atoms with van der Waals surface area (Å²) in [5.74, 6) is -0.916. The van der Waals surface area contributed by atoms with Gasteiger partial charge in [0, 0.05) is 22.0 Å². The Balaban J connectivity index is 1.12. The van der Waals surface area contributed by atoms with Crippen LogP contribution in [0.5, 0.6) is 0 Å². The summed E-state index contributed by atoms with van der Waals surface area (Å²) in [6.07, 6.45) is 3.71. The lowest BCUT2D eigenvalue weighted by Crippen LogP contribution is -2.22. The predicted octanol–water partition coefficient (Wildman–Crippen LogP) is 6.70. The molecule has 1 aliphatic rings. The van der Waals surface area contributed by atoms with Gasteiger partial charge in [-0.25, -0.2) is 9.78 Å². The summed E-state index contributed by atoms with van der Waals surface area (Å²) < 4.78 is 5.48. The van der Waals surface area contributed by atoms with Crippen molar-refractivity contribution in [1.82, 2.24) is 9.97 Å². The van der Waals surface area contributed by atoms with Crippen LogP contribution < -0.4 is 5.32 Å². The number of carbonyl (C=O) groups excluding carboxylic acids is 2. The Morgan fingerprint density at radius 3 is 2.37 bits per heavy atom. The van der Waals surface area contributed by atoms with E-state index in [-0.39, 0.29) is 6.61 Å². The van der Waals surface area contributed by atoms with E-state index >= 15 is 0 Å². The van der Waals surface area contributed by atoms with Gasteiger partial charge in [0.1, 0.15) is 0 Å². The van der Waals surface area contributed by atoms with Gasteiger partial charge in [-0.3, -0.25) is 15.1 Å².